The van der Waals surface area contributed by atoms with Crippen molar-refractivity contribution in [2.24, 2.45) is 10.8 Å². The minimum atomic E-state index is -0.976. The molecule has 19 heavy (non-hydrogen) atoms. The van der Waals surface area contributed by atoms with Crippen LogP contribution in [0.2, 0.25) is 0 Å². The summed E-state index contributed by atoms with van der Waals surface area (Å²) in [5, 5.41) is 15.3. The number of amides is 1. The summed E-state index contributed by atoms with van der Waals surface area (Å²) in [6.07, 6.45) is 2.50. The van der Waals surface area contributed by atoms with Gasteiger partial charge in [-0.25, -0.2) is 4.79 Å². The van der Waals surface area contributed by atoms with Crippen molar-refractivity contribution < 1.29 is 14.7 Å². The first-order valence-corrected chi connectivity index (χ1v) is 6.97. The van der Waals surface area contributed by atoms with Crippen molar-refractivity contribution in [1.29, 1.82) is 0 Å². The standard InChI is InChI=1S/C14H26N2O3/c1-5-14(7-6-8-15-9-14)12(19)16-10(11(17)18)13(2,3)4/h10,15H,5-9H2,1-4H3,(H,16,19)(H,17,18)/t10-,14?/m0/s1. The summed E-state index contributed by atoms with van der Waals surface area (Å²) in [5.74, 6) is -1.11. The van der Waals surface area contributed by atoms with E-state index in [2.05, 4.69) is 10.6 Å². The van der Waals surface area contributed by atoms with Gasteiger partial charge in [-0.1, -0.05) is 27.7 Å². The highest BCUT2D eigenvalue weighted by Crippen LogP contribution is 2.31. The van der Waals surface area contributed by atoms with Crippen molar-refractivity contribution >= 4 is 11.9 Å². The van der Waals surface area contributed by atoms with E-state index in [0.717, 1.165) is 25.8 Å². The molecule has 1 amide bonds. The van der Waals surface area contributed by atoms with Crippen LogP contribution in [0.5, 0.6) is 0 Å². The maximum Gasteiger partial charge on any atom is 0.326 e. The second kappa shape index (κ2) is 5.90. The monoisotopic (exact) mass is 270 g/mol. The molecule has 5 nitrogen and oxygen atoms in total. The van der Waals surface area contributed by atoms with Crippen molar-refractivity contribution in [3.05, 3.63) is 0 Å². The van der Waals surface area contributed by atoms with E-state index in [0.29, 0.717) is 6.54 Å². The van der Waals surface area contributed by atoms with Gasteiger partial charge in [0.05, 0.1) is 5.41 Å². The molecule has 1 saturated heterocycles. The molecule has 1 aliphatic heterocycles. The van der Waals surface area contributed by atoms with Crippen molar-refractivity contribution in [2.75, 3.05) is 13.1 Å². The van der Waals surface area contributed by atoms with Crippen LogP contribution in [0.15, 0.2) is 0 Å². The smallest absolute Gasteiger partial charge is 0.326 e. The van der Waals surface area contributed by atoms with Crippen molar-refractivity contribution in [1.82, 2.24) is 10.6 Å². The molecule has 5 heteroatoms. The molecule has 1 rings (SSSR count). The number of carbonyl (C=O) groups excluding carboxylic acids is 1. The Morgan fingerprint density at radius 1 is 1.42 bits per heavy atom. The average molecular weight is 270 g/mol. The summed E-state index contributed by atoms with van der Waals surface area (Å²) in [5.41, 5.74) is -0.963. The summed E-state index contributed by atoms with van der Waals surface area (Å²) in [6.45, 7) is 9.01. The highest BCUT2D eigenvalue weighted by molar-refractivity contribution is 5.88. The number of aliphatic carboxylic acids is 1. The van der Waals surface area contributed by atoms with Crippen LogP contribution < -0.4 is 10.6 Å². The average Bonchev–Trinajstić information content (AvgIpc) is 2.34. The third kappa shape index (κ3) is 3.69. The topological polar surface area (TPSA) is 78.4 Å². The van der Waals surface area contributed by atoms with Crippen LogP contribution in [0.3, 0.4) is 0 Å². The minimum Gasteiger partial charge on any atom is -0.480 e. The van der Waals surface area contributed by atoms with Gasteiger partial charge in [-0.15, -0.1) is 0 Å². The molecule has 110 valence electrons. The number of nitrogens with one attached hydrogen (secondary N) is 2. The minimum absolute atomic E-state index is 0.135. The first kappa shape index (κ1) is 16.0. The van der Waals surface area contributed by atoms with Gasteiger partial charge >= 0.3 is 5.97 Å². The first-order chi connectivity index (χ1) is 8.73. The van der Waals surface area contributed by atoms with Gasteiger partial charge in [0.2, 0.25) is 5.91 Å². The Hall–Kier alpha value is -1.10. The third-order valence-corrected chi connectivity index (χ3v) is 4.02. The third-order valence-electron chi connectivity index (χ3n) is 4.02. The number of piperidine rings is 1. The lowest BCUT2D eigenvalue weighted by Gasteiger charge is -2.38. The first-order valence-electron chi connectivity index (χ1n) is 6.97. The molecular weight excluding hydrogens is 244 g/mol. The second-order valence-corrected chi connectivity index (χ2v) is 6.52. The highest BCUT2D eigenvalue weighted by Gasteiger charge is 2.41. The molecule has 0 aromatic carbocycles. The Kier molecular flexibility index (Phi) is 4.96. The van der Waals surface area contributed by atoms with Crippen LogP contribution in [-0.4, -0.2) is 36.1 Å². The molecule has 1 aliphatic rings. The van der Waals surface area contributed by atoms with Crippen LogP contribution in [0.4, 0.5) is 0 Å². The molecule has 1 unspecified atom stereocenters. The van der Waals surface area contributed by atoms with E-state index < -0.39 is 22.8 Å². The normalized spacial score (nSPS) is 25.7. The fourth-order valence-electron chi connectivity index (χ4n) is 2.56. The molecule has 3 N–H and O–H groups in total. The van der Waals surface area contributed by atoms with Crippen LogP contribution in [0, 0.1) is 10.8 Å². The van der Waals surface area contributed by atoms with Crippen molar-refractivity contribution in [2.45, 2.75) is 53.0 Å². The number of rotatable bonds is 4. The van der Waals surface area contributed by atoms with Gasteiger partial charge in [0.25, 0.3) is 0 Å². The van der Waals surface area contributed by atoms with E-state index in [1.807, 2.05) is 27.7 Å². The second-order valence-electron chi connectivity index (χ2n) is 6.52. The van der Waals surface area contributed by atoms with Crippen molar-refractivity contribution in [3.8, 4) is 0 Å². The molecule has 0 aliphatic carbocycles. The molecule has 0 bridgehead atoms. The van der Waals surface area contributed by atoms with Crippen LogP contribution >= 0.6 is 0 Å². The predicted molar refractivity (Wildman–Crippen MR) is 73.8 cm³/mol. The molecule has 0 radical (unpaired) electrons. The van der Waals surface area contributed by atoms with E-state index in [1.54, 1.807) is 0 Å². The number of hydrogen-bond acceptors (Lipinski definition) is 3. The zero-order chi connectivity index (χ0) is 14.7. The Balaban J connectivity index is 2.83. The number of carbonyl (C=O) groups is 2. The summed E-state index contributed by atoms with van der Waals surface area (Å²) in [7, 11) is 0. The molecule has 1 fully saturated rings. The summed E-state index contributed by atoms with van der Waals surface area (Å²) < 4.78 is 0. The molecule has 0 spiro atoms. The fourth-order valence-corrected chi connectivity index (χ4v) is 2.56. The lowest BCUT2D eigenvalue weighted by molar-refractivity contribution is -0.147. The van der Waals surface area contributed by atoms with E-state index in [-0.39, 0.29) is 5.91 Å². The molecule has 1 heterocycles. The Bertz CT molecular complexity index is 341. The summed E-state index contributed by atoms with van der Waals surface area (Å²) in [6, 6.07) is -0.856. The predicted octanol–water partition coefficient (Wildman–Crippen LogP) is 1.38. The highest BCUT2D eigenvalue weighted by atomic mass is 16.4. The van der Waals surface area contributed by atoms with E-state index in [1.165, 1.54) is 0 Å². The van der Waals surface area contributed by atoms with Crippen LogP contribution in [0.25, 0.3) is 0 Å². The molecular formula is C14H26N2O3. The van der Waals surface area contributed by atoms with E-state index in [9.17, 15) is 14.7 Å². The zero-order valence-electron chi connectivity index (χ0n) is 12.4. The van der Waals surface area contributed by atoms with E-state index in [4.69, 9.17) is 0 Å². The van der Waals surface area contributed by atoms with Gasteiger partial charge < -0.3 is 15.7 Å². The molecule has 0 aromatic rings. The summed E-state index contributed by atoms with van der Waals surface area (Å²) in [4.78, 5) is 23.8. The van der Waals surface area contributed by atoms with Gasteiger partial charge in [-0.2, -0.15) is 0 Å². The van der Waals surface area contributed by atoms with Crippen LogP contribution in [0.1, 0.15) is 47.0 Å². The number of carboxylic acid groups (broad SMARTS) is 1. The van der Waals surface area contributed by atoms with Gasteiger partial charge in [-0.05, 0) is 31.2 Å². The molecule has 2 atom stereocenters. The molecule has 0 saturated carbocycles. The van der Waals surface area contributed by atoms with E-state index >= 15 is 0 Å². The van der Waals surface area contributed by atoms with Gasteiger partial charge in [-0.3, -0.25) is 4.79 Å². The number of carboxylic acids is 1. The quantitative estimate of drug-likeness (QED) is 0.721. The largest absolute Gasteiger partial charge is 0.480 e. The van der Waals surface area contributed by atoms with Crippen LogP contribution in [-0.2, 0) is 9.59 Å². The Morgan fingerprint density at radius 2 is 2.05 bits per heavy atom. The Labute approximate surface area is 115 Å². The summed E-state index contributed by atoms with van der Waals surface area (Å²) >= 11 is 0. The lowest BCUT2D eigenvalue weighted by Crippen LogP contribution is -2.57. The zero-order valence-corrected chi connectivity index (χ0v) is 12.4. The maximum atomic E-state index is 12.5. The van der Waals surface area contributed by atoms with Gasteiger partial charge in [0.1, 0.15) is 6.04 Å². The fraction of sp³-hybridized carbons (Fsp3) is 0.857. The Morgan fingerprint density at radius 3 is 2.42 bits per heavy atom. The number of hydrogen-bond donors (Lipinski definition) is 3. The van der Waals surface area contributed by atoms with Gasteiger partial charge in [0, 0.05) is 6.54 Å². The SMILES string of the molecule is CCC1(C(=O)N[C@@H](C(=O)O)C(C)(C)C)CCCNC1. The molecule has 0 aromatic heterocycles. The lowest BCUT2D eigenvalue weighted by atomic mass is 9.76. The maximum absolute atomic E-state index is 12.5. The van der Waals surface area contributed by atoms with Crippen molar-refractivity contribution in [3.63, 3.8) is 0 Å². The van der Waals surface area contributed by atoms with Gasteiger partial charge in [0.15, 0.2) is 0 Å².